The van der Waals surface area contributed by atoms with Gasteiger partial charge in [0.2, 0.25) is 5.76 Å². The first kappa shape index (κ1) is 22.2. The second kappa shape index (κ2) is 9.47. The third-order valence-electron chi connectivity index (χ3n) is 2.53. The van der Waals surface area contributed by atoms with Gasteiger partial charge in [-0.05, 0) is 18.2 Å². The van der Waals surface area contributed by atoms with Crippen molar-refractivity contribution >= 4 is 24.5 Å². The SMILES string of the molecule is COc1ccc2cc(C(=O)OCCP(=O)([O-])[O-])oc2c1.[Na+].[Na+]. The number of carbonyl (C=O) groups is 1. The predicted octanol–water partition coefficient (Wildman–Crippen LogP) is -5.48. The van der Waals surface area contributed by atoms with Gasteiger partial charge >= 0.3 is 65.1 Å². The van der Waals surface area contributed by atoms with Crippen LogP contribution < -0.4 is 73.6 Å². The van der Waals surface area contributed by atoms with Crippen LogP contribution in [0, 0.1) is 0 Å². The zero-order valence-electron chi connectivity index (χ0n) is 12.5. The molecule has 108 valence electrons. The summed E-state index contributed by atoms with van der Waals surface area (Å²) in [5, 5.41) is 0.677. The van der Waals surface area contributed by atoms with E-state index in [1.165, 1.54) is 13.2 Å². The summed E-state index contributed by atoms with van der Waals surface area (Å²) in [4.78, 5) is 32.4. The van der Waals surface area contributed by atoms with E-state index in [0.29, 0.717) is 16.7 Å². The largest absolute Gasteiger partial charge is 1.00 e. The first-order valence-corrected chi connectivity index (χ1v) is 7.37. The number of ether oxygens (including phenoxy) is 2. The monoisotopic (exact) mass is 344 g/mol. The summed E-state index contributed by atoms with van der Waals surface area (Å²) in [6.07, 6.45) is -0.743. The van der Waals surface area contributed by atoms with Crippen molar-refractivity contribution in [3.8, 4) is 5.75 Å². The van der Waals surface area contributed by atoms with Crippen LogP contribution in [0.3, 0.4) is 0 Å². The van der Waals surface area contributed by atoms with Crippen molar-refractivity contribution in [1.29, 1.82) is 0 Å². The van der Waals surface area contributed by atoms with Gasteiger partial charge in [-0.3, -0.25) is 0 Å². The Labute approximate surface area is 171 Å². The second-order valence-electron chi connectivity index (χ2n) is 3.98. The summed E-state index contributed by atoms with van der Waals surface area (Å²) >= 11 is 0. The molecular formula is C12H11Na2O7P. The molecule has 0 unspecified atom stereocenters. The van der Waals surface area contributed by atoms with E-state index >= 15 is 0 Å². The smallest absolute Gasteiger partial charge is 0.811 e. The molecule has 1 aromatic heterocycles. The Hall–Kier alpha value is 0.180. The zero-order chi connectivity index (χ0) is 14.8. The van der Waals surface area contributed by atoms with E-state index in [1.54, 1.807) is 18.2 Å². The number of hydrogen-bond donors (Lipinski definition) is 0. The Morgan fingerprint density at radius 3 is 2.55 bits per heavy atom. The van der Waals surface area contributed by atoms with Gasteiger partial charge in [-0.2, -0.15) is 0 Å². The van der Waals surface area contributed by atoms with Crippen LogP contribution in [0.1, 0.15) is 10.6 Å². The number of rotatable bonds is 5. The molecule has 0 bridgehead atoms. The Kier molecular flexibility index (Phi) is 9.55. The Balaban J connectivity index is 0.00000220. The molecule has 0 atom stereocenters. The summed E-state index contributed by atoms with van der Waals surface area (Å²) in [6.45, 7) is -0.497. The van der Waals surface area contributed by atoms with Crippen LogP contribution in [0.5, 0.6) is 5.75 Å². The van der Waals surface area contributed by atoms with Crippen LogP contribution >= 0.6 is 7.60 Å². The summed E-state index contributed by atoms with van der Waals surface area (Å²) in [5.41, 5.74) is 0.439. The van der Waals surface area contributed by atoms with E-state index in [9.17, 15) is 19.1 Å². The first-order valence-electron chi connectivity index (χ1n) is 5.65. The van der Waals surface area contributed by atoms with Crippen LogP contribution in [0.25, 0.3) is 11.0 Å². The van der Waals surface area contributed by atoms with Crippen LogP contribution in [-0.2, 0) is 9.30 Å². The fraction of sp³-hybridized carbons (Fsp3) is 0.250. The molecule has 22 heavy (non-hydrogen) atoms. The Morgan fingerprint density at radius 2 is 1.95 bits per heavy atom. The average Bonchev–Trinajstić information content (AvgIpc) is 2.79. The number of methoxy groups -OCH3 is 1. The van der Waals surface area contributed by atoms with Crippen molar-refractivity contribution in [2.75, 3.05) is 19.9 Å². The van der Waals surface area contributed by atoms with Crippen molar-refractivity contribution in [2.24, 2.45) is 0 Å². The van der Waals surface area contributed by atoms with Gasteiger partial charge in [0.15, 0.2) is 0 Å². The van der Waals surface area contributed by atoms with Crippen molar-refractivity contribution in [2.45, 2.75) is 0 Å². The number of hydrogen-bond acceptors (Lipinski definition) is 7. The fourth-order valence-corrected chi connectivity index (χ4v) is 1.88. The van der Waals surface area contributed by atoms with Crippen LogP contribution in [-0.4, -0.2) is 25.8 Å². The quantitative estimate of drug-likeness (QED) is 0.302. The molecule has 0 aliphatic carbocycles. The van der Waals surface area contributed by atoms with E-state index in [2.05, 4.69) is 4.74 Å². The molecule has 0 saturated carbocycles. The van der Waals surface area contributed by atoms with Crippen LogP contribution in [0.15, 0.2) is 28.7 Å². The molecule has 1 heterocycles. The Bertz CT molecular complexity index is 679. The molecule has 0 spiro atoms. The van der Waals surface area contributed by atoms with Crippen molar-refractivity contribution in [3.63, 3.8) is 0 Å². The van der Waals surface area contributed by atoms with E-state index in [4.69, 9.17) is 9.15 Å². The molecule has 1 aromatic carbocycles. The number of furan rings is 1. The first-order chi connectivity index (χ1) is 9.39. The molecule has 7 nitrogen and oxygen atoms in total. The summed E-state index contributed by atoms with van der Waals surface area (Å²) in [6, 6.07) is 6.48. The fourth-order valence-electron chi connectivity index (χ4n) is 1.56. The maximum atomic E-state index is 11.6. The maximum absolute atomic E-state index is 11.6. The summed E-state index contributed by atoms with van der Waals surface area (Å²) < 4.78 is 25.4. The number of carbonyl (C=O) groups excluding carboxylic acids is 1. The van der Waals surface area contributed by atoms with Gasteiger partial charge in [0, 0.05) is 17.6 Å². The molecule has 2 aromatic rings. The van der Waals surface area contributed by atoms with Crippen LogP contribution in [0.2, 0.25) is 0 Å². The molecule has 0 N–H and O–H groups in total. The van der Waals surface area contributed by atoms with E-state index < -0.39 is 26.3 Å². The molecule has 0 radical (unpaired) electrons. The normalized spacial score (nSPS) is 10.5. The molecule has 2 rings (SSSR count). The van der Waals surface area contributed by atoms with E-state index in [1.807, 2.05) is 0 Å². The molecule has 10 heteroatoms. The number of fused-ring (bicyclic) bond motifs is 1. The number of esters is 1. The summed E-state index contributed by atoms with van der Waals surface area (Å²) in [7, 11) is -3.17. The molecule has 0 saturated heterocycles. The maximum Gasteiger partial charge on any atom is 1.00 e. The number of benzene rings is 1. The van der Waals surface area contributed by atoms with Crippen molar-refractivity contribution in [3.05, 3.63) is 30.0 Å². The van der Waals surface area contributed by atoms with Gasteiger partial charge in [-0.15, -0.1) is 0 Å². The van der Waals surface area contributed by atoms with Gasteiger partial charge in [-0.1, -0.05) is 7.60 Å². The average molecular weight is 344 g/mol. The van der Waals surface area contributed by atoms with Crippen LogP contribution in [0.4, 0.5) is 0 Å². The molecule has 0 amide bonds. The third-order valence-corrected chi connectivity index (χ3v) is 3.26. The minimum absolute atomic E-state index is 0. The topological polar surface area (TPSA) is 112 Å². The third kappa shape index (κ3) is 6.35. The van der Waals surface area contributed by atoms with Gasteiger partial charge in [-0.25, -0.2) is 4.79 Å². The molecular weight excluding hydrogens is 333 g/mol. The van der Waals surface area contributed by atoms with Gasteiger partial charge < -0.3 is 28.2 Å². The zero-order valence-corrected chi connectivity index (χ0v) is 17.4. The molecule has 0 aliphatic heterocycles. The van der Waals surface area contributed by atoms with Crippen molar-refractivity contribution in [1.82, 2.24) is 0 Å². The van der Waals surface area contributed by atoms with Crippen molar-refractivity contribution < 1.29 is 92.2 Å². The second-order valence-corrected chi connectivity index (χ2v) is 5.65. The van der Waals surface area contributed by atoms with Gasteiger partial charge in [0.1, 0.15) is 11.3 Å². The molecule has 0 aliphatic rings. The van der Waals surface area contributed by atoms with E-state index in [-0.39, 0.29) is 64.9 Å². The van der Waals surface area contributed by atoms with Gasteiger partial charge in [0.05, 0.1) is 13.7 Å². The standard InChI is InChI=1S/C12H13O7P.2Na/c1-17-9-3-2-8-6-11(19-10(8)7-9)12(13)18-4-5-20(14,15)16;;/h2-3,6-7H,4-5H2,1H3,(H2,14,15,16);;/q;2*+1/p-2. The predicted molar refractivity (Wildman–Crippen MR) is 65.5 cm³/mol. The molecule has 0 fully saturated rings. The minimum Gasteiger partial charge on any atom is -0.811 e. The minimum atomic E-state index is -4.68. The summed E-state index contributed by atoms with van der Waals surface area (Å²) in [5.74, 6) is -0.320. The van der Waals surface area contributed by atoms with E-state index in [0.717, 1.165) is 0 Å². The van der Waals surface area contributed by atoms with Gasteiger partial charge in [0.25, 0.3) is 0 Å². The Morgan fingerprint density at radius 1 is 1.27 bits per heavy atom.